The minimum absolute atomic E-state index is 0.0275. The summed E-state index contributed by atoms with van der Waals surface area (Å²) < 4.78 is 77.8. The topological polar surface area (TPSA) is 87.3 Å². The summed E-state index contributed by atoms with van der Waals surface area (Å²) in [6, 6.07) is 3.36. The van der Waals surface area contributed by atoms with Crippen molar-refractivity contribution in [1.82, 2.24) is 0 Å². The first kappa shape index (κ1) is 24.6. The number of halogens is 8. The number of carbonyl (C=O) groups excluding carboxylic acids is 3. The molecular weight excluding hydrogens is 503 g/mol. The van der Waals surface area contributed by atoms with Crippen LogP contribution in [0.25, 0.3) is 0 Å². The zero-order chi connectivity index (χ0) is 24.7. The highest BCUT2D eigenvalue weighted by molar-refractivity contribution is 6.52. The molecule has 1 aliphatic rings. The van der Waals surface area contributed by atoms with Gasteiger partial charge in [-0.2, -0.15) is 13.2 Å². The molecule has 1 aliphatic carbocycles. The average Bonchev–Trinajstić information content (AvgIpc) is 3.34. The van der Waals surface area contributed by atoms with Crippen molar-refractivity contribution >= 4 is 58.0 Å². The lowest BCUT2D eigenvalue weighted by Gasteiger charge is -2.13. The maximum atomic E-state index is 14.1. The Balaban J connectivity index is 1.80. The number of anilines is 3. The molecule has 0 saturated heterocycles. The van der Waals surface area contributed by atoms with Gasteiger partial charge in [-0.05, 0) is 30.7 Å². The first-order valence-corrected chi connectivity index (χ1v) is 9.61. The molecule has 0 bridgehead atoms. The highest BCUT2D eigenvalue weighted by Crippen LogP contribution is 2.53. The molecule has 0 unspecified atom stereocenters. The van der Waals surface area contributed by atoms with E-state index in [0.29, 0.717) is 6.07 Å². The molecule has 0 heterocycles. The van der Waals surface area contributed by atoms with Gasteiger partial charge in [0.1, 0.15) is 21.8 Å². The Bertz CT molecular complexity index is 1160. The van der Waals surface area contributed by atoms with E-state index in [1.165, 1.54) is 5.32 Å². The van der Waals surface area contributed by atoms with Gasteiger partial charge in [0.15, 0.2) is 0 Å². The molecule has 0 spiro atoms. The van der Waals surface area contributed by atoms with E-state index in [2.05, 4.69) is 5.32 Å². The molecule has 3 N–H and O–H groups in total. The smallest absolute Gasteiger partial charge is 0.326 e. The van der Waals surface area contributed by atoms with Crippen LogP contribution >= 0.6 is 23.2 Å². The van der Waals surface area contributed by atoms with Gasteiger partial charge in [0, 0.05) is 11.8 Å². The normalized spacial score (nSPS) is 16.7. The molecule has 33 heavy (non-hydrogen) atoms. The minimum atomic E-state index is -5.36. The lowest BCUT2D eigenvalue weighted by Crippen LogP contribution is -2.30. The van der Waals surface area contributed by atoms with Crippen molar-refractivity contribution in [2.24, 2.45) is 5.92 Å². The summed E-state index contributed by atoms with van der Waals surface area (Å²) >= 11 is 11.6. The number of rotatable bonds is 5. The number of nitrogens with one attached hydrogen (secondary N) is 3. The van der Waals surface area contributed by atoms with E-state index in [1.807, 2.05) is 5.32 Å². The van der Waals surface area contributed by atoms with Crippen LogP contribution in [0.1, 0.15) is 16.8 Å². The zero-order valence-electron chi connectivity index (χ0n) is 15.9. The van der Waals surface area contributed by atoms with Gasteiger partial charge >= 0.3 is 12.1 Å². The predicted molar refractivity (Wildman–Crippen MR) is 107 cm³/mol. The van der Waals surface area contributed by atoms with Crippen LogP contribution in [0.15, 0.2) is 30.3 Å². The molecule has 0 aromatic heterocycles. The predicted octanol–water partition coefficient (Wildman–Crippen LogP) is 4.99. The number of carbonyl (C=O) groups is 3. The van der Waals surface area contributed by atoms with Crippen molar-refractivity contribution in [3.8, 4) is 0 Å². The molecule has 0 aliphatic heterocycles. The molecule has 1 saturated carbocycles. The quantitative estimate of drug-likeness (QED) is 0.388. The van der Waals surface area contributed by atoms with Crippen LogP contribution in [-0.4, -0.2) is 28.2 Å². The summed E-state index contributed by atoms with van der Waals surface area (Å²) in [5.74, 6) is -9.17. The number of alkyl halides is 5. The summed E-state index contributed by atoms with van der Waals surface area (Å²) in [7, 11) is 0. The molecule has 176 valence electrons. The van der Waals surface area contributed by atoms with Crippen molar-refractivity contribution in [2.75, 3.05) is 16.0 Å². The van der Waals surface area contributed by atoms with Crippen molar-refractivity contribution in [3.63, 3.8) is 0 Å². The molecule has 1 fully saturated rings. The standard InChI is InChI=1S/C19H11Cl2F6N3O3/c20-18(21)6-9(18)16(32)28-7-1-2-10(22)8(3-7)15(31)29-13-5-14(12(24)4-11(13)23)30-17(33)19(25,26)27/h1-5,9H,6H2,(H,28,32)(H,29,31)(H,30,33)/t9-/m1/s1. The maximum Gasteiger partial charge on any atom is 0.471 e. The molecule has 3 amide bonds. The Labute approximate surface area is 191 Å². The fourth-order valence-electron chi connectivity index (χ4n) is 2.63. The number of hydrogen-bond donors (Lipinski definition) is 3. The average molecular weight is 514 g/mol. The number of benzene rings is 2. The molecule has 6 nitrogen and oxygen atoms in total. The van der Waals surface area contributed by atoms with Crippen LogP contribution in [0.4, 0.5) is 43.4 Å². The highest BCUT2D eigenvalue weighted by Gasteiger charge is 2.56. The Morgan fingerprint density at radius 3 is 2.00 bits per heavy atom. The molecule has 14 heteroatoms. The zero-order valence-corrected chi connectivity index (χ0v) is 17.4. The van der Waals surface area contributed by atoms with Crippen LogP contribution in [0.3, 0.4) is 0 Å². The summed E-state index contributed by atoms with van der Waals surface area (Å²) in [5, 5.41) is 5.44. The summed E-state index contributed by atoms with van der Waals surface area (Å²) in [6.07, 6.45) is -5.17. The van der Waals surface area contributed by atoms with E-state index in [0.717, 1.165) is 18.2 Å². The number of amides is 3. The summed E-state index contributed by atoms with van der Waals surface area (Å²) in [4.78, 5) is 35.5. The Kier molecular flexibility index (Phi) is 6.53. The van der Waals surface area contributed by atoms with Crippen LogP contribution in [0, 0.1) is 23.4 Å². The van der Waals surface area contributed by atoms with E-state index in [4.69, 9.17) is 23.2 Å². The van der Waals surface area contributed by atoms with Crippen molar-refractivity contribution in [2.45, 2.75) is 16.9 Å². The van der Waals surface area contributed by atoms with Crippen LogP contribution < -0.4 is 16.0 Å². The second-order valence-corrected chi connectivity index (χ2v) is 8.46. The van der Waals surface area contributed by atoms with Gasteiger partial charge in [-0.1, -0.05) is 0 Å². The second-order valence-electron chi connectivity index (χ2n) is 6.92. The van der Waals surface area contributed by atoms with E-state index in [9.17, 15) is 40.7 Å². The van der Waals surface area contributed by atoms with E-state index < -0.39 is 68.5 Å². The fourth-order valence-corrected chi connectivity index (χ4v) is 3.13. The third-order valence-corrected chi connectivity index (χ3v) is 5.27. The van der Waals surface area contributed by atoms with E-state index in [1.54, 1.807) is 0 Å². The van der Waals surface area contributed by atoms with Gasteiger partial charge in [0.05, 0.1) is 22.9 Å². The summed E-state index contributed by atoms with van der Waals surface area (Å²) in [6.45, 7) is 0. The first-order valence-electron chi connectivity index (χ1n) is 8.86. The lowest BCUT2D eigenvalue weighted by atomic mass is 10.1. The largest absolute Gasteiger partial charge is 0.471 e. The highest BCUT2D eigenvalue weighted by atomic mass is 35.5. The third-order valence-electron chi connectivity index (χ3n) is 4.43. The van der Waals surface area contributed by atoms with E-state index >= 15 is 0 Å². The molecule has 0 radical (unpaired) electrons. The van der Waals surface area contributed by atoms with Crippen LogP contribution in [-0.2, 0) is 9.59 Å². The Hall–Kier alpha value is -2.99. The lowest BCUT2D eigenvalue weighted by molar-refractivity contribution is -0.167. The van der Waals surface area contributed by atoms with E-state index in [-0.39, 0.29) is 18.2 Å². The molecular formula is C19H11Cl2F6N3O3. The second kappa shape index (κ2) is 8.75. The van der Waals surface area contributed by atoms with Crippen molar-refractivity contribution in [3.05, 3.63) is 53.3 Å². The molecule has 3 rings (SSSR count). The van der Waals surface area contributed by atoms with Crippen LogP contribution in [0.2, 0.25) is 0 Å². The molecule has 2 aromatic rings. The maximum absolute atomic E-state index is 14.1. The van der Waals surface area contributed by atoms with Gasteiger partial charge in [-0.25, -0.2) is 13.2 Å². The SMILES string of the molecule is O=C(Nc1cc(NC(=O)C(F)(F)F)c(F)cc1F)c1cc(NC(=O)[C@H]2CC2(Cl)Cl)ccc1F. The first-order chi connectivity index (χ1) is 15.2. The Morgan fingerprint density at radius 2 is 1.45 bits per heavy atom. The molecule has 2 aromatic carbocycles. The minimum Gasteiger partial charge on any atom is -0.326 e. The van der Waals surface area contributed by atoms with Crippen LogP contribution in [0.5, 0.6) is 0 Å². The van der Waals surface area contributed by atoms with Gasteiger partial charge in [-0.3, -0.25) is 14.4 Å². The fraction of sp³-hybridized carbons (Fsp3) is 0.211. The van der Waals surface area contributed by atoms with Gasteiger partial charge < -0.3 is 16.0 Å². The van der Waals surface area contributed by atoms with Crippen molar-refractivity contribution < 1.29 is 40.7 Å². The monoisotopic (exact) mass is 513 g/mol. The van der Waals surface area contributed by atoms with Gasteiger partial charge in [-0.15, -0.1) is 23.2 Å². The number of hydrogen-bond acceptors (Lipinski definition) is 3. The summed E-state index contributed by atoms with van der Waals surface area (Å²) in [5.41, 5.74) is -2.64. The van der Waals surface area contributed by atoms with Gasteiger partial charge in [0.2, 0.25) is 5.91 Å². The third kappa shape index (κ3) is 5.69. The van der Waals surface area contributed by atoms with Gasteiger partial charge in [0.25, 0.3) is 5.91 Å². The Morgan fingerprint density at radius 1 is 0.879 bits per heavy atom. The van der Waals surface area contributed by atoms with Crippen molar-refractivity contribution in [1.29, 1.82) is 0 Å². The molecule has 1 atom stereocenters.